The van der Waals surface area contributed by atoms with E-state index in [1.165, 1.54) is 0 Å². The number of nitrogens with zero attached hydrogens (tertiary/aromatic N) is 1. The van der Waals surface area contributed by atoms with Crippen molar-refractivity contribution >= 4 is 11.9 Å². The van der Waals surface area contributed by atoms with Gasteiger partial charge >= 0.3 is 11.9 Å². The lowest BCUT2D eigenvalue weighted by Gasteiger charge is -2.20. The molecule has 0 aliphatic rings. The first-order chi connectivity index (χ1) is 11.6. The SMILES string of the molecule is CC.CC.CC.CC(C)C(=O)OCCN(C)CCOC(=O)C(C)(C)C. The maximum absolute atomic E-state index is 11.5. The van der Waals surface area contributed by atoms with Crippen LogP contribution in [-0.2, 0) is 19.1 Å². The normalized spacial score (nSPS) is 9.68. The van der Waals surface area contributed by atoms with Gasteiger partial charge in [-0.05, 0) is 27.8 Å². The van der Waals surface area contributed by atoms with Gasteiger partial charge in [-0.2, -0.15) is 0 Å². The highest BCUT2D eigenvalue weighted by atomic mass is 16.5. The summed E-state index contributed by atoms with van der Waals surface area (Å²) in [5.74, 6) is -0.488. The molecule has 5 nitrogen and oxygen atoms in total. The predicted octanol–water partition coefficient (Wildman–Crippen LogP) is 4.79. The lowest BCUT2D eigenvalue weighted by molar-refractivity contribution is -0.153. The van der Waals surface area contributed by atoms with Crippen LogP contribution in [0.15, 0.2) is 0 Å². The summed E-state index contributed by atoms with van der Waals surface area (Å²) in [6.07, 6.45) is 0. The summed E-state index contributed by atoms with van der Waals surface area (Å²) >= 11 is 0. The van der Waals surface area contributed by atoms with E-state index in [0.29, 0.717) is 26.3 Å². The van der Waals surface area contributed by atoms with E-state index in [-0.39, 0.29) is 17.9 Å². The highest BCUT2D eigenvalue weighted by Gasteiger charge is 2.22. The van der Waals surface area contributed by atoms with Crippen molar-refractivity contribution in [3.63, 3.8) is 0 Å². The molecule has 0 aromatic carbocycles. The Morgan fingerprint density at radius 2 is 1.20 bits per heavy atom. The monoisotopic (exact) mass is 363 g/mol. The summed E-state index contributed by atoms with van der Waals surface area (Å²) in [6.45, 7) is 23.0. The molecule has 0 aliphatic heterocycles. The number of carbonyl (C=O) groups is 2. The molecule has 0 saturated heterocycles. The van der Waals surface area contributed by atoms with Gasteiger partial charge in [0, 0.05) is 13.1 Å². The average molecular weight is 364 g/mol. The van der Waals surface area contributed by atoms with E-state index in [4.69, 9.17) is 9.47 Å². The van der Waals surface area contributed by atoms with Crippen molar-refractivity contribution < 1.29 is 19.1 Å². The van der Waals surface area contributed by atoms with Gasteiger partial charge in [-0.3, -0.25) is 14.5 Å². The molecule has 0 aromatic rings. The van der Waals surface area contributed by atoms with Crippen molar-refractivity contribution in [2.75, 3.05) is 33.4 Å². The van der Waals surface area contributed by atoms with E-state index in [2.05, 4.69) is 0 Å². The Morgan fingerprint density at radius 3 is 1.52 bits per heavy atom. The molecule has 0 aromatic heterocycles. The van der Waals surface area contributed by atoms with Gasteiger partial charge in [-0.1, -0.05) is 55.4 Å². The summed E-state index contributed by atoms with van der Waals surface area (Å²) in [5, 5.41) is 0. The first-order valence-electron chi connectivity index (χ1n) is 9.67. The third-order valence-electron chi connectivity index (χ3n) is 2.51. The van der Waals surface area contributed by atoms with E-state index in [9.17, 15) is 9.59 Å². The van der Waals surface area contributed by atoms with Crippen molar-refractivity contribution in [1.29, 1.82) is 0 Å². The van der Waals surface area contributed by atoms with Crippen LogP contribution in [0.5, 0.6) is 0 Å². The van der Waals surface area contributed by atoms with Crippen molar-refractivity contribution in [3.05, 3.63) is 0 Å². The fourth-order valence-electron chi connectivity index (χ4n) is 1.09. The zero-order valence-electron chi connectivity index (χ0n) is 19.0. The van der Waals surface area contributed by atoms with Crippen LogP contribution < -0.4 is 0 Å². The maximum Gasteiger partial charge on any atom is 0.311 e. The van der Waals surface area contributed by atoms with Crippen LogP contribution >= 0.6 is 0 Å². The van der Waals surface area contributed by atoms with E-state index < -0.39 is 5.41 Å². The molecule has 154 valence electrons. The molecule has 0 bridgehead atoms. The van der Waals surface area contributed by atoms with Gasteiger partial charge in [0.2, 0.25) is 0 Å². The standard InChI is InChI=1S/C14H27NO4.3C2H6/c1-11(2)12(16)18-9-7-15(6)8-10-19-13(17)14(3,4)5;3*1-2/h11H,7-10H2,1-6H3;3*1-2H3. The number of hydrogen-bond acceptors (Lipinski definition) is 5. The summed E-state index contributed by atoms with van der Waals surface area (Å²) in [6, 6.07) is 0. The molecular weight excluding hydrogens is 318 g/mol. The Bertz CT molecular complexity index is 297. The zero-order valence-corrected chi connectivity index (χ0v) is 19.0. The predicted molar refractivity (Wildman–Crippen MR) is 108 cm³/mol. The lowest BCUT2D eigenvalue weighted by Crippen LogP contribution is -2.31. The van der Waals surface area contributed by atoms with Crippen LogP contribution in [0.3, 0.4) is 0 Å². The van der Waals surface area contributed by atoms with Crippen LogP contribution in [0.25, 0.3) is 0 Å². The van der Waals surface area contributed by atoms with Gasteiger partial charge in [-0.15, -0.1) is 0 Å². The molecule has 0 N–H and O–H groups in total. The quantitative estimate of drug-likeness (QED) is 0.609. The van der Waals surface area contributed by atoms with Gasteiger partial charge in [0.15, 0.2) is 0 Å². The average Bonchev–Trinajstić information content (AvgIpc) is 2.59. The highest BCUT2D eigenvalue weighted by Crippen LogP contribution is 2.14. The Balaban J connectivity index is -0.000000329. The van der Waals surface area contributed by atoms with Gasteiger partial charge in [0.05, 0.1) is 11.3 Å². The molecule has 0 amide bonds. The summed E-state index contributed by atoms with van der Waals surface area (Å²) in [5.41, 5.74) is -0.467. The molecule has 0 rings (SSSR count). The van der Waals surface area contributed by atoms with Crippen molar-refractivity contribution in [1.82, 2.24) is 4.90 Å². The molecule has 0 atom stereocenters. The number of hydrogen-bond donors (Lipinski definition) is 0. The summed E-state index contributed by atoms with van der Waals surface area (Å²) in [7, 11) is 1.90. The molecule has 0 fully saturated rings. The second-order valence-corrected chi connectivity index (χ2v) is 6.01. The third kappa shape index (κ3) is 22.9. The Morgan fingerprint density at radius 1 is 0.840 bits per heavy atom. The molecular formula is C20H45NO4. The van der Waals surface area contributed by atoms with Gasteiger partial charge < -0.3 is 9.47 Å². The number of carbonyl (C=O) groups excluding carboxylic acids is 2. The lowest BCUT2D eigenvalue weighted by atomic mass is 9.97. The molecule has 0 spiro atoms. The minimum atomic E-state index is -0.467. The number of likely N-dealkylation sites (N-methyl/N-ethyl adjacent to an activating group) is 1. The molecule has 0 radical (unpaired) electrons. The fourth-order valence-corrected chi connectivity index (χ4v) is 1.09. The number of rotatable bonds is 7. The second kappa shape index (κ2) is 20.9. The summed E-state index contributed by atoms with van der Waals surface area (Å²) < 4.78 is 10.2. The van der Waals surface area contributed by atoms with E-state index in [1.807, 2.05) is 74.3 Å². The largest absolute Gasteiger partial charge is 0.464 e. The highest BCUT2D eigenvalue weighted by molar-refractivity contribution is 5.75. The molecule has 0 unspecified atom stereocenters. The van der Waals surface area contributed by atoms with Crippen LogP contribution in [0.1, 0.15) is 76.2 Å². The molecule has 5 heteroatoms. The smallest absolute Gasteiger partial charge is 0.311 e. The van der Waals surface area contributed by atoms with E-state index >= 15 is 0 Å². The van der Waals surface area contributed by atoms with E-state index in [0.717, 1.165) is 0 Å². The van der Waals surface area contributed by atoms with Crippen molar-refractivity contribution in [3.8, 4) is 0 Å². The Labute approximate surface area is 157 Å². The fraction of sp³-hybridized carbons (Fsp3) is 0.900. The van der Waals surface area contributed by atoms with Gasteiger partial charge in [0.1, 0.15) is 13.2 Å². The third-order valence-corrected chi connectivity index (χ3v) is 2.51. The van der Waals surface area contributed by atoms with Gasteiger partial charge in [0.25, 0.3) is 0 Å². The molecule has 25 heavy (non-hydrogen) atoms. The van der Waals surface area contributed by atoms with Crippen molar-refractivity contribution in [2.45, 2.75) is 76.2 Å². The minimum absolute atomic E-state index is 0.0990. The van der Waals surface area contributed by atoms with Gasteiger partial charge in [-0.25, -0.2) is 0 Å². The Kier molecular flexibility index (Phi) is 26.5. The molecule has 0 heterocycles. The molecule has 0 aliphatic carbocycles. The molecule has 0 saturated carbocycles. The van der Waals surface area contributed by atoms with E-state index in [1.54, 1.807) is 13.8 Å². The van der Waals surface area contributed by atoms with Crippen molar-refractivity contribution in [2.24, 2.45) is 11.3 Å². The second-order valence-electron chi connectivity index (χ2n) is 6.01. The topological polar surface area (TPSA) is 55.8 Å². The summed E-state index contributed by atoms with van der Waals surface area (Å²) in [4.78, 5) is 24.7. The maximum atomic E-state index is 11.5. The number of esters is 2. The van der Waals surface area contributed by atoms with Crippen LogP contribution in [0, 0.1) is 11.3 Å². The first kappa shape index (κ1) is 31.6. The van der Waals surface area contributed by atoms with Crippen LogP contribution in [0.4, 0.5) is 0 Å². The zero-order chi connectivity index (χ0) is 21.1. The Hall–Kier alpha value is -1.10. The van der Waals surface area contributed by atoms with Crippen LogP contribution in [0.2, 0.25) is 0 Å². The number of ether oxygens (including phenoxy) is 2. The first-order valence-corrected chi connectivity index (χ1v) is 9.67. The van der Waals surface area contributed by atoms with Crippen LogP contribution in [-0.4, -0.2) is 50.2 Å². The minimum Gasteiger partial charge on any atom is -0.464 e.